The number of nitrogens with zero attached hydrogens (tertiary/aromatic N) is 3. The average Bonchev–Trinajstić information content (AvgIpc) is 2.64. The molecule has 26 heavy (non-hydrogen) atoms. The van der Waals surface area contributed by atoms with Crippen LogP contribution < -0.4 is 16.0 Å². The second-order valence-electron chi connectivity index (χ2n) is 6.57. The van der Waals surface area contributed by atoms with Gasteiger partial charge in [-0.2, -0.15) is 0 Å². The van der Waals surface area contributed by atoms with Crippen molar-refractivity contribution < 1.29 is 0 Å². The van der Waals surface area contributed by atoms with E-state index in [0.717, 1.165) is 43.4 Å². The first-order chi connectivity index (χ1) is 12.6. The molecule has 2 aromatic carbocycles. The predicted molar refractivity (Wildman–Crippen MR) is 111 cm³/mol. The van der Waals surface area contributed by atoms with Crippen molar-refractivity contribution in [2.75, 3.05) is 49.5 Å². The molecule has 1 saturated heterocycles. The van der Waals surface area contributed by atoms with Crippen molar-refractivity contribution in [3.05, 3.63) is 59.1 Å². The summed E-state index contributed by atoms with van der Waals surface area (Å²) in [5, 5.41) is 3.92. The summed E-state index contributed by atoms with van der Waals surface area (Å²) in [6.45, 7) is 7.72. The number of aryl methyl sites for hydroxylation is 1. The normalized spacial score (nSPS) is 15.9. The molecule has 3 N–H and O–H groups in total. The van der Waals surface area contributed by atoms with E-state index in [0.29, 0.717) is 12.5 Å². The lowest BCUT2D eigenvalue weighted by molar-refractivity contribution is 0.265. The molecule has 1 fully saturated rings. The Bertz CT molecular complexity index is 736. The number of halogens is 1. The van der Waals surface area contributed by atoms with Crippen LogP contribution in [0, 0.1) is 6.92 Å². The maximum Gasteiger partial charge on any atom is 0.193 e. The van der Waals surface area contributed by atoms with Crippen LogP contribution in [0.1, 0.15) is 5.56 Å². The minimum Gasteiger partial charge on any atom is -0.370 e. The van der Waals surface area contributed by atoms with E-state index >= 15 is 0 Å². The smallest absolute Gasteiger partial charge is 0.193 e. The third-order valence-corrected chi connectivity index (χ3v) is 4.80. The zero-order chi connectivity index (χ0) is 18.4. The minimum atomic E-state index is 0.464. The van der Waals surface area contributed by atoms with Crippen LogP contribution in [0.4, 0.5) is 11.4 Å². The molecule has 6 heteroatoms. The van der Waals surface area contributed by atoms with Crippen molar-refractivity contribution in [1.82, 2.24) is 4.90 Å². The van der Waals surface area contributed by atoms with E-state index in [9.17, 15) is 0 Å². The summed E-state index contributed by atoms with van der Waals surface area (Å²) in [5.74, 6) is 0.464. The number of hydrogen-bond donors (Lipinski definition) is 2. The Morgan fingerprint density at radius 2 is 1.85 bits per heavy atom. The minimum absolute atomic E-state index is 0.464. The summed E-state index contributed by atoms with van der Waals surface area (Å²) in [5.41, 5.74) is 9.36. The number of guanidine groups is 1. The van der Waals surface area contributed by atoms with E-state index in [1.165, 1.54) is 11.3 Å². The molecular formula is C20H26ClN5. The lowest BCUT2D eigenvalue weighted by Gasteiger charge is -2.35. The molecular weight excluding hydrogens is 346 g/mol. The number of anilines is 2. The Morgan fingerprint density at radius 1 is 1.12 bits per heavy atom. The van der Waals surface area contributed by atoms with Crippen LogP contribution in [0.15, 0.2) is 53.5 Å². The molecule has 5 nitrogen and oxygen atoms in total. The monoisotopic (exact) mass is 371 g/mol. The van der Waals surface area contributed by atoms with Gasteiger partial charge in [0.15, 0.2) is 5.96 Å². The van der Waals surface area contributed by atoms with Gasteiger partial charge < -0.3 is 16.0 Å². The van der Waals surface area contributed by atoms with Gasteiger partial charge in [0.05, 0.1) is 6.54 Å². The van der Waals surface area contributed by atoms with Crippen LogP contribution >= 0.6 is 11.6 Å². The molecule has 0 atom stereocenters. The lowest BCUT2D eigenvalue weighted by Crippen LogP contribution is -2.47. The summed E-state index contributed by atoms with van der Waals surface area (Å²) in [6.07, 6.45) is 0. The van der Waals surface area contributed by atoms with Gasteiger partial charge in [-0.15, -0.1) is 0 Å². The maximum atomic E-state index is 6.09. The third-order valence-electron chi connectivity index (χ3n) is 4.57. The molecule has 0 aromatic heterocycles. The fraction of sp³-hybridized carbons (Fsp3) is 0.350. The molecule has 0 radical (unpaired) electrons. The Hall–Kier alpha value is -2.24. The van der Waals surface area contributed by atoms with Gasteiger partial charge in [0.25, 0.3) is 0 Å². The molecule has 2 aromatic rings. The molecule has 0 spiro atoms. The Balaban J connectivity index is 1.41. The number of benzene rings is 2. The first-order valence-corrected chi connectivity index (χ1v) is 9.34. The highest BCUT2D eigenvalue weighted by atomic mass is 35.5. The van der Waals surface area contributed by atoms with Crippen LogP contribution in [-0.2, 0) is 0 Å². The van der Waals surface area contributed by atoms with Gasteiger partial charge in [-0.3, -0.25) is 9.89 Å². The fourth-order valence-electron chi connectivity index (χ4n) is 3.04. The second-order valence-corrected chi connectivity index (χ2v) is 7.00. The standard InChI is InChI=1S/C20H26ClN5/c1-16-5-7-18(8-6-16)24-20(22)23-9-10-25-11-13-26(14-12-25)19-4-2-3-17(21)15-19/h2-8,15H,9-14H2,1H3,(H3,22,23,24). The van der Waals surface area contributed by atoms with Gasteiger partial charge in [0.1, 0.15) is 0 Å². The molecule has 0 saturated carbocycles. The summed E-state index contributed by atoms with van der Waals surface area (Å²) in [7, 11) is 0. The van der Waals surface area contributed by atoms with Crippen LogP contribution in [0.3, 0.4) is 0 Å². The molecule has 1 aliphatic heterocycles. The van der Waals surface area contributed by atoms with Crippen molar-refractivity contribution in [2.45, 2.75) is 6.92 Å². The van der Waals surface area contributed by atoms with E-state index in [1.54, 1.807) is 0 Å². The van der Waals surface area contributed by atoms with E-state index in [-0.39, 0.29) is 0 Å². The van der Waals surface area contributed by atoms with E-state index in [1.807, 2.05) is 30.3 Å². The fourth-order valence-corrected chi connectivity index (χ4v) is 3.22. The van der Waals surface area contributed by atoms with Gasteiger partial charge in [-0.05, 0) is 37.3 Å². The number of nitrogens with one attached hydrogen (secondary N) is 1. The highest BCUT2D eigenvalue weighted by Crippen LogP contribution is 2.20. The predicted octanol–water partition coefficient (Wildman–Crippen LogP) is 3.20. The second kappa shape index (κ2) is 8.92. The van der Waals surface area contributed by atoms with Crippen LogP contribution in [0.25, 0.3) is 0 Å². The summed E-state index contributed by atoms with van der Waals surface area (Å²) < 4.78 is 0. The number of aliphatic imine (C=N–C) groups is 1. The van der Waals surface area contributed by atoms with Crippen molar-refractivity contribution in [3.63, 3.8) is 0 Å². The molecule has 3 rings (SSSR count). The number of hydrogen-bond acceptors (Lipinski definition) is 3. The topological polar surface area (TPSA) is 56.9 Å². The van der Waals surface area contributed by atoms with Crippen molar-refractivity contribution in [2.24, 2.45) is 10.7 Å². The van der Waals surface area contributed by atoms with Gasteiger partial charge >= 0.3 is 0 Å². The largest absolute Gasteiger partial charge is 0.370 e. The zero-order valence-corrected chi connectivity index (χ0v) is 15.9. The quantitative estimate of drug-likeness (QED) is 0.626. The Morgan fingerprint density at radius 3 is 2.54 bits per heavy atom. The molecule has 1 aliphatic rings. The maximum absolute atomic E-state index is 6.09. The molecule has 0 amide bonds. The van der Waals surface area contributed by atoms with Crippen molar-refractivity contribution in [3.8, 4) is 0 Å². The van der Waals surface area contributed by atoms with E-state index in [2.05, 4.69) is 45.2 Å². The van der Waals surface area contributed by atoms with E-state index in [4.69, 9.17) is 17.3 Å². The van der Waals surface area contributed by atoms with Gasteiger partial charge in [0.2, 0.25) is 0 Å². The highest BCUT2D eigenvalue weighted by molar-refractivity contribution is 6.30. The number of piperazine rings is 1. The van der Waals surface area contributed by atoms with Crippen LogP contribution in [-0.4, -0.2) is 50.1 Å². The van der Waals surface area contributed by atoms with Crippen LogP contribution in [0.2, 0.25) is 5.02 Å². The third kappa shape index (κ3) is 5.38. The van der Waals surface area contributed by atoms with E-state index < -0.39 is 0 Å². The number of nitrogens with two attached hydrogens (primary N) is 1. The average molecular weight is 372 g/mol. The molecule has 0 unspecified atom stereocenters. The highest BCUT2D eigenvalue weighted by Gasteiger charge is 2.16. The van der Waals surface area contributed by atoms with Crippen molar-refractivity contribution in [1.29, 1.82) is 0 Å². The molecule has 0 aliphatic carbocycles. The summed E-state index contributed by atoms with van der Waals surface area (Å²) >= 11 is 6.09. The first-order valence-electron chi connectivity index (χ1n) is 8.96. The molecule has 1 heterocycles. The number of rotatable bonds is 5. The SMILES string of the molecule is Cc1ccc(NC(N)=NCCN2CCN(c3cccc(Cl)c3)CC2)cc1. The first kappa shape index (κ1) is 18.5. The molecule has 138 valence electrons. The Kier molecular flexibility index (Phi) is 6.36. The lowest BCUT2D eigenvalue weighted by atomic mass is 10.2. The summed E-state index contributed by atoms with van der Waals surface area (Å²) in [6, 6.07) is 16.2. The van der Waals surface area contributed by atoms with Crippen LogP contribution in [0.5, 0.6) is 0 Å². The Labute approximate surface area is 160 Å². The van der Waals surface area contributed by atoms with Gasteiger partial charge in [-0.1, -0.05) is 35.4 Å². The van der Waals surface area contributed by atoms with Crippen molar-refractivity contribution >= 4 is 28.9 Å². The van der Waals surface area contributed by atoms with Gasteiger partial charge in [0, 0.05) is 49.1 Å². The summed E-state index contributed by atoms with van der Waals surface area (Å²) in [4.78, 5) is 9.23. The van der Waals surface area contributed by atoms with Gasteiger partial charge in [-0.25, -0.2) is 0 Å². The molecule has 0 bridgehead atoms. The zero-order valence-electron chi connectivity index (χ0n) is 15.2.